The lowest BCUT2D eigenvalue weighted by molar-refractivity contribution is 0.0697. The molecule has 0 radical (unpaired) electrons. The third-order valence-corrected chi connectivity index (χ3v) is 2.71. The van der Waals surface area contributed by atoms with E-state index in [2.05, 4.69) is 0 Å². The van der Waals surface area contributed by atoms with Crippen molar-refractivity contribution in [2.45, 2.75) is 6.92 Å². The van der Waals surface area contributed by atoms with Crippen molar-refractivity contribution in [2.24, 2.45) is 0 Å². The Hall–Kier alpha value is -2.49. The van der Waals surface area contributed by atoms with Crippen molar-refractivity contribution in [3.8, 4) is 17.2 Å². The number of aryl methyl sites for hydroxylation is 1. The fourth-order valence-corrected chi connectivity index (χ4v) is 1.67. The van der Waals surface area contributed by atoms with Crippen LogP contribution in [-0.2, 0) is 0 Å². The topological polar surface area (TPSA) is 55.8 Å². The number of benzene rings is 2. The standard InChI is InChI=1S/C15H14O4/c1-10-9-11(15(16)17)3-8-14(10)19-13-6-4-12(18-2)5-7-13/h3-9H,1-2H3,(H,16,17). The first kappa shape index (κ1) is 13.0. The summed E-state index contributed by atoms with van der Waals surface area (Å²) >= 11 is 0. The Morgan fingerprint density at radius 3 is 2.21 bits per heavy atom. The van der Waals surface area contributed by atoms with Gasteiger partial charge in [-0.3, -0.25) is 0 Å². The molecule has 0 saturated heterocycles. The number of rotatable bonds is 4. The van der Waals surface area contributed by atoms with Crippen molar-refractivity contribution in [3.05, 3.63) is 53.6 Å². The summed E-state index contributed by atoms with van der Waals surface area (Å²) in [4.78, 5) is 10.8. The molecule has 1 N–H and O–H groups in total. The first-order valence-electron chi connectivity index (χ1n) is 5.76. The predicted octanol–water partition coefficient (Wildman–Crippen LogP) is 3.49. The molecule has 0 aliphatic rings. The molecule has 0 aliphatic heterocycles. The Kier molecular flexibility index (Phi) is 3.71. The number of ether oxygens (including phenoxy) is 2. The Balaban J connectivity index is 2.20. The van der Waals surface area contributed by atoms with E-state index in [9.17, 15) is 4.79 Å². The largest absolute Gasteiger partial charge is 0.497 e. The van der Waals surface area contributed by atoms with Crippen LogP contribution in [0, 0.1) is 6.92 Å². The predicted molar refractivity (Wildman–Crippen MR) is 71.2 cm³/mol. The summed E-state index contributed by atoms with van der Waals surface area (Å²) in [7, 11) is 1.60. The van der Waals surface area contributed by atoms with Gasteiger partial charge in [-0.1, -0.05) is 0 Å². The molecule has 4 heteroatoms. The van der Waals surface area contributed by atoms with Crippen LogP contribution in [-0.4, -0.2) is 18.2 Å². The third kappa shape index (κ3) is 3.04. The molecule has 4 nitrogen and oxygen atoms in total. The van der Waals surface area contributed by atoms with Crippen LogP contribution in [0.5, 0.6) is 17.2 Å². The van der Waals surface area contributed by atoms with E-state index in [0.717, 1.165) is 11.3 Å². The lowest BCUT2D eigenvalue weighted by Crippen LogP contribution is -1.97. The summed E-state index contributed by atoms with van der Waals surface area (Å²) in [5, 5.41) is 8.89. The van der Waals surface area contributed by atoms with E-state index in [1.807, 2.05) is 6.92 Å². The number of hydrogen-bond acceptors (Lipinski definition) is 3. The summed E-state index contributed by atoms with van der Waals surface area (Å²) in [6, 6.07) is 12.0. The number of hydrogen-bond donors (Lipinski definition) is 1. The van der Waals surface area contributed by atoms with Crippen LogP contribution in [0.25, 0.3) is 0 Å². The van der Waals surface area contributed by atoms with E-state index < -0.39 is 5.97 Å². The third-order valence-electron chi connectivity index (χ3n) is 2.71. The first-order chi connectivity index (χ1) is 9.10. The molecule has 0 heterocycles. The summed E-state index contributed by atoms with van der Waals surface area (Å²) in [6.45, 7) is 1.81. The summed E-state index contributed by atoms with van der Waals surface area (Å²) in [5.41, 5.74) is 1.02. The Labute approximate surface area is 111 Å². The quantitative estimate of drug-likeness (QED) is 0.912. The number of carboxylic acids is 1. The van der Waals surface area contributed by atoms with Crippen LogP contribution in [0.3, 0.4) is 0 Å². The molecule has 0 amide bonds. The van der Waals surface area contributed by atoms with E-state index >= 15 is 0 Å². The monoisotopic (exact) mass is 258 g/mol. The van der Waals surface area contributed by atoms with Crippen LogP contribution >= 0.6 is 0 Å². The van der Waals surface area contributed by atoms with Gasteiger partial charge in [-0.05, 0) is 55.0 Å². The van der Waals surface area contributed by atoms with Crippen LogP contribution in [0.15, 0.2) is 42.5 Å². The second-order valence-electron chi connectivity index (χ2n) is 4.06. The molecule has 2 aromatic rings. The van der Waals surface area contributed by atoms with Gasteiger partial charge in [0.05, 0.1) is 12.7 Å². The van der Waals surface area contributed by atoms with Crippen molar-refractivity contribution in [2.75, 3.05) is 7.11 Å². The minimum atomic E-state index is -0.945. The van der Waals surface area contributed by atoms with E-state index in [1.54, 1.807) is 43.5 Å². The maximum absolute atomic E-state index is 10.8. The molecule has 0 fully saturated rings. The van der Waals surface area contributed by atoms with Gasteiger partial charge in [0.1, 0.15) is 17.2 Å². The molecule has 0 aromatic heterocycles. The van der Waals surface area contributed by atoms with E-state index in [0.29, 0.717) is 11.5 Å². The van der Waals surface area contributed by atoms with Gasteiger partial charge in [0.25, 0.3) is 0 Å². The molecule has 0 bridgehead atoms. The van der Waals surface area contributed by atoms with Gasteiger partial charge in [-0.15, -0.1) is 0 Å². The molecular formula is C15H14O4. The van der Waals surface area contributed by atoms with Crippen LogP contribution in [0.4, 0.5) is 0 Å². The molecule has 0 unspecified atom stereocenters. The smallest absolute Gasteiger partial charge is 0.335 e. The highest BCUT2D eigenvalue weighted by atomic mass is 16.5. The summed E-state index contributed by atoms with van der Waals surface area (Å²) in [5.74, 6) is 1.12. The average molecular weight is 258 g/mol. The highest BCUT2D eigenvalue weighted by Gasteiger charge is 2.07. The normalized spacial score (nSPS) is 10.0. The van der Waals surface area contributed by atoms with E-state index in [1.165, 1.54) is 6.07 Å². The molecular weight excluding hydrogens is 244 g/mol. The highest BCUT2D eigenvalue weighted by molar-refractivity contribution is 5.88. The second kappa shape index (κ2) is 5.44. The fourth-order valence-electron chi connectivity index (χ4n) is 1.67. The fraction of sp³-hybridized carbons (Fsp3) is 0.133. The van der Waals surface area contributed by atoms with Crippen molar-refractivity contribution < 1.29 is 19.4 Å². The van der Waals surface area contributed by atoms with Gasteiger partial charge < -0.3 is 14.6 Å². The van der Waals surface area contributed by atoms with Gasteiger partial charge in [0.15, 0.2) is 0 Å². The zero-order valence-electron chi connectivity index (χ0n) is 10.7. The van der Waals surface area contributed by atoms with Crippen LogP contribution < -0.4 is 9.47 Å². The number of carbonyl (C=O) groups is 1. The van der Waals surface area contributed by atoms with Gasteiger partial charge in [-0.2, -0.15) is 0 Å². The zero-order chi connectivity index (χ0) is 13.8. The van der Waals surface area contributed by atoms with Gasteiger partial charge in [0.2, 0.25) is 0 Å². The van der Waals surface area contributed by atoms with Crippen molar-refractivity contribution in [1.29, 1.82) is 0 Å². The van der Waals surface area contributed by atoms with Crippen LogP contribution in [0.1, 0.15) is 15.9 Å². The lowest BCUT2D eigenvalue weighted by atomic mass is 10.1. The molecule has 0 spiro atoms. The van der Waals surface area contributed by atoms with Gasteiger partial charge in [-0.25, -0.2) is 4.79 Å². The van der Waals surface area contributed by atoms with Gasteiger partial charge in [0, 0.05) is 0 Å². The van der Waals surface area contributed by atoms with Crippen molar-refractivity contribution in [3.63, 3.8) is 0 Å². The van der Waals surface area contributed by atoms with Crippen molar-refractivity contribution >= 4 is 5.97 Å². The highest BCUT2D eigenvalue weighted by Crippen LogP contribution is 2.27. The SMILES string of the molecule is COc1ccc(Oc2ccc(C(=O)O)cc2C)cc1. The molecule has 0 atom stereocenters. The Morgan fingerprint density at radius 2 is 1.68 bits per heavy atom. The van der Waals surface area contributed by atoms with E-state index in [-0.39, 0.29) is 5.56 Å². The number of carboxylic acid groups (broad SMARTS) is 1. The minimum Gasteiger partial charge on any atom is -0.497 e. The molecule has 0 aliphatic carbocycles. The lowest BCUT2D eigenvalue weighted by Gasteiger charge is -2.09. The summed E-state index contributed by atoms with van der Waals surface area (Å²) in [6.07, 6.45) is 0. The average Bonchev–Trinajstić information content (AvgIpc) is 2.41. The van der Waals surface area contributed by atoms with Crippen LogP contribution in [0.2, 0.25) is 0 Å². The molecule has 19 heavy (non-hydrogen) atoms. The van der Waals surface area contributed by atoms with E-state index in [4.69, 9.17) is 14.6 Å². The molecule has 2 aromatic carbocycles. The summed E-state index contributed by atoms with van der Waals surface area (Å²) < 4.78 is 10.8. The molecule has 0 saturated carbocycles. The van der Waals surface area contributed by atoms with Crippen molar-refractivity contribution in [1.82, 2.24) is 0 Å². The first-order valence-corrected chi connectivity index (χ1v) is 5.76. The zero-order valence-corrected chi connectivity index (χ0v) is 10.7. The molecule has 2 rings (SSSR count). The number of aromatic carboxylic acids is 1. The molecule has 98 valence electrons. The number of methoxy groups -OCH3 is 1. The Bertz CT molecular complexity index is 588. The maximum Gasteiger partial charge on any atom is 0.335 e. The minimum absolute atomic E-state index is 0.250. The van der Waals surface area contributed by atoms with Gasteiger partial charge >= 0.3 is 5.97 Å². The maximum atomic E-state index is 10.8. The second-order valence-corrected chi connectivity index (χ2v) is 4.06. The Morgan fingerprint density at radius 1 is 1.05 bits per heavy atom.